The number of carbonyl (C=O) groups excluding carboxylic acids is 3. The minimum atomic E-state index is -1.11. The van der Waals surface area contributed by atoms with E-state index in [1.807, 2.05) is 6.08 Å². The van der Waals surface area contributed by atoms with Crippen molar-refractivity contribution >= 4 is 25.9 Å². The number of piperidine rings is 1. The van der Waals surface area contributed by atoms with E-state index >= 15 is 0 Å². The average Bonchev–Trinajstić information content (AvgIpc) is 2.43. The first-order chi connectivity index (χ1) is 11.4. The van der Waals surface area contributed by atoms with E-state index in [-0.39, 0.29) is 11.7 Å². The summed E-state index contributed by atoms with van der Waals surface area (Å²) in [7, 11) is -1.11. The first-order valence-corrected chi connectivity index (χ1v) is 12.8. The van der Waals surface area contributed by atoms with Crippen LogP contribution in [0.25, 0.3) is 0 Å². The van der Waals surface area contributed by atoms with Gasteiger partial charge in [-0.3, -0.25) is 9.59 Å². The molecule has 0 bridgehead atoms. The monoisotopic (exact) mass is 367 g/mol. The quantitative estimate of drug-likeness (QED) is 0.510. The number of nitrogens with zero attached hydrogens (tertiary/aromatic N) is 1. The van der Waals surface area contributed by atoms with E-state index in [0.717, 1.165) is 10.9 Å². The number of hydrogen-bond acceptors (Lipinski definition) is 4. The van der Waals surface area contributed by atoms with Gasteiger partial charge in [0.1, 0.15) is 11.6 Å². The number of rotatable bonds is 6. The first-order valence-electron chi connectivity index (χ1n) is 9.13. The molecular weight excluding hydrogens is 334 g/mol. The summed E-state index contributed by atoms with van der Waals surface area (Å²) in [5.41, 5.74) is -0.692. The molecule has 1 rings (SSSR count). The molecule has 0 radical (unpaired) electrons. The van der Waals surface area contributed by atoms with Gasteiger partial charge in [-0.1, -0.05) is 31.8 Å². The van der Waals surface area contributed by atoms with E-state index in [1.165, 1.54) is 0 Å². The Hall–Kier alpha value is -1.43. The largest absolute Gasteiger partial charge is 0.443 e. The molecule has 1 heterocycles. The van der Waals surface area contributed by atoms with Crippen LogP contribution in [-0.4, -0.2) is 42.4 Å². The molecule has 2 amide bonds. The van der Waals surface area contributed by atoms with Crippen LogP contribution in [0, 0.1) is 0 Å². The molecule has 142 valence electrons. The second kappa shape index (κ2) is 8.78. The lowest BCUT2D eigenvalue weighted by molar-refractivity contribution is -0.141. The summed E-state index contributed by atoms with van der Waals surface area (Å²) in [5, 5.41) is 0. The molecule has 0 aromatic rings. The fourth-order valence-electron chi connectivity index (χ4n) is 2.66. The molecule has 1 aliphatic heterocycles. The summed E-state index contributed by atoms with van der Waals surface area (Å²) < 4.78 is 5.31. The van der Waals surface area contributed by atoms with Crippen molar-refractivity contribution < 1.29 is 19.1 Å². The number of likely N-dealkylation sites (tertiary alicyclic amines) is 1. The number of amides is 2. The lowest BCUT2D eigenvalue weighted by Gasteiger charge is -2.34. The fourth-order valence-corrected chi connectivity index (χ4v) is 3.54. The summed E-state index contributed by atoms with van der Waals surface area (Å²) in [5.74, 6) is -0.371. The predicted molar refractivity (Wildman–Crippen MR) is 102 cm³/mol. The number of imide groups is 1. The minimum Gasteiger partial charge on any atom is -0.443 e. The van der Waals surface area contributed by atoms with Crippen LogP contribution in [0.4, 0.5) is 4.79 Å². The van der Waals surface area contributed by atoms with Gasteiger partial charge >= 0.3 is 6.09 Å². The van der Waals surface area contributed by atoms with Gasteiger partial charge < -0.3 is 4.74 Å². The Bertz CT molecular complexity index is 529. The SMILES string of the molecule is CC(C)(C)OC(=O)N1C(=O)CCC[C@H]1C(=O)CCC=CC[Si](C)(C)C. The second-order valence-electron chi connectivity index (χ2n) is 8.89. The van der Waals surface area contributed by atoms with Crippen molar-refractivity contribution in [2.24, 2.45) is 0 Å². The molecule has 0 aromatic heterocycles. The molecule has 0 saturated carbocycles. The van der Waals surface area contributed by atoms with Crippen molar-refractivity contribution in [3.8, 4) is 0 Å². The third kappa shape index (κ3) is 7.99. The summed E-state index contributed by atoms with van der Waals surface area (Å²) in [6.45, 7) is 12.1. The summed E-state index contributed by atoms with van der Waals surface area (Å²) >= 11 is 0. The van der Waals surface area contributed by atoms with Crippen LogP contribution in [0.3, 0.4) is 0 Å². The van der Waals surface area contributed by atoms with Gasteiger partial charge in [-0.25, -0.2) is 9.69 Å². The van der Waals surface area contributed by atoms with Gasteiger partial charge in [0.05, 0.1) is 0 Å². The van der Waals surface area contributed by atoms with Gasteiger partial charge in [0.25, 0.3) is 0 Å². The average molecular weight is 368 g/mol. The summed E-state index contributed by atoms with van der Waals surface area (Å²) in [6.07, 6.45) is 5.94. The summed E-state index contributed by atoms with van der Waals surface area (Å²) in [4.78, 5) is 38.1. The van der Waals surface area contributed by atoms with E-state index in [0.29, 0.717) is 32.1 Å². The molecule has 0 unspecified atom stereocenters. The van der Waals surface area contributed by atoms with Crippen molar-refractivity contribution in [1.29, 1.82) is 0 Å². The van der Waals surface area contributed by atoms with Crippen molar-refractivity contribution in [2.45, 2.75) is 90.2 Å². The molecule has 25 heavy (non-hydrogen) atoms. The van der Waals surface area contributed by atoms with Crippen LogP contribution in [0.2, 0.25) is 25.7 Å². The summed E-state index contributed by atoms with van der Waals surface area (Å²) in [6, 6.07) is 0.411. The van der Waals surface area contributed by atoms with E-state index in [4.69, 9.17) is 4.74 Å². The number of allylic oxidation sites excluding steroid dienone is 2. The number of ether oxygens (including phenoxy) is 1. The van der Waals surface area contributed by atoms with Crippen molar-refractivity contribution in [3.05, 3.63) is 12.2 Å². The molecule has 0 aromatic carbocycles. The molecular formula is C19H33NO4Si. The Morgan fingerprint density at radius 2 is 1.88 bits per heavy atom. The highest BCUT2D eigenvalue weighted by Crippen LogP contribution is 2.23. The zero-order chi connectivity index (χ0) is 19.3. The maximum Gasteiger partial charge on any atom is 0.417 e. The van der Waals surface area contributed by atoms with Gasteiger partial charge in [0.2, 0.25) is 5.91 Å². The number of Topliss-reactive ketones (excluding diaryl/α,β-unsaturated/α-hetero) is 1. The Balaban J connectivity index is 2.67. The van der Waals surface area contributed by atoms with Crippen LogP contribution in [0.5, 0.6) is 0 Å². The molecule has 0 spiro atoms. The van der Waals surface area contributed by atoms with Crippen molar-refractivity contribution in [1.82, 2.24) is 4.90 Å². The van der Waals surface area contributed by atoms with Crippen molar-refractivity contribution in [2.75, 3.05) is 0 Å². The Morgan fingerprint density at radius 1 is 1.24 bits per heavy atom. The van der Waals surface area contributed by atoms with E-state index < -0.39 is 25.8 Å². The predicted octanol–water partition coefficient (Wildman–Crippen LogP) is 4.55. The second-order valence-corrected chi connectivity index (χ2v) is 14.4. The van der Waals surface area contributed by atoms with Crippen LogP contribution >= 0.6 is 0 Å². The van der Waals surface area contributed by atoms with E-state index in [2.05, 4.69) is 25.7 Å². The molecule has 1 atom stereocenters. The maximum atomic E-state index is 12.6. The smallest absolute Gasteiger partial charge is 0.417 e. The minimum absolute atomic E-state index is 0.0587. The third-order valence-electron chi connectivity index (χ3n) is 3.86. The molecule has 5 nitrogen and oxygen atoms in total. The van der Waals surface area contributed by atoms with Crippen LogP contribution in [0.15, 0.2) is 12.2 Å². The maximum absolute atomic E-state index is 12.6. The molecule has 1 saturated heterocycles. The fraction of sp³-hybridized carbons (Fsp3) is 0.737. The Labute approximate surface area is 152 Å². The van der Waals surface area contributed by atoms with Gasteiger partial charge in [0, 0.05) is 20.9 Å². The van der Waals surface area contributed by atoms with E-state index in [1.54, 1.807) is 20.8 Å². The molecule has 6 heteroatoms. The van der Waals surface area contributed by atoms with Crippen LogP contribution in [0.1, 0.15) is 52.9 Å². The highest BCUT2D eigenvalue weighted by molar-refractivity contribution is 6.76. The highest BCUT2D eigenvalue weighted by atomic mass is 28.3. The van der Waals surface area contributed by atoms with Gasteiger partial charge in [-0.05, 0) is 46.1 Å². The molecule has 0 aliphatic carbocycles. The van der Waals surface area contributed by atoms with Crippen LogP contribution in [-0.2, 0) is 14.3 Å². The molecule has 1 fully saturated rings. The third-order valence-corrected chi connectivity index (χ3v) is 5.33. The van der Waals surface area contributed by atoms with Crippen molar-refractivity contribution in [3.63, 3.8) is 0 Å². The Morgan fingerprint density at radius 3 is 2.44 bits per heavy atom. The van der Waals surface area contributed by atoms with Gasteiger partial charge in [0.15, 0.2) is 5.78 Å². The number of hydrogen-bond donors (Lipinski definition) is 0. The Kier molecular flexibility index (Phi) is 7.59. The van der Waals surface area contributed by atoms with E-state index in [9.17, 15) is 14.4 Å². The normalized spacial score (nSPS) is 19.4. The zero-order valence-electron chi connectivity index (χ0n) is 16.6. The number of ketones is 1. The standard InChI is InChI=1S/C19H33NO4Si/c1-19(2,3)24-18(23)20-15(11-10-13-17(20)22)16(21)12-8-7-9-14-25(4,5)6/h7,9,15H,8,10-14H2,1-6H3/t15-/m0/s1. The van der Waals surface area contributed by atoms with Gasteiger partial charge in [-0.2, -0.15) is 0 Å². The first kappa shape index (κ1) is 21.6. The van der Waals surface area contributed by atoms with Crippen LogP contribution < -0.4 is 0 Å². The zero-order valence-corrected chi connectivity index (χ0v) is 17.6. The highest BCUT2D eigenvalue weighted by Gasteiger charge is 2.39. The molecule has 1 aliphatic rings. The van der Waals surface area contributed by atoms with Gasteiger partial charge in [-0.15, -0.1) is 0 Å². The lowest BCUT2D eigenvalue weighted by Crippen LogP contribution is -2.52. The topological polar surface area (TPSA) is 63.7 Å². The number of carbonyl (C=O) groups is 3. The lowest BCUT2D eigenvalue weighted by atomic mass is 9.96. The molecule has 0 N–H and O–H groups in total.